The van der Waals surface area contributed by atoms with Gasteiger partial charge in [-0.3, -0.25) is 4.79 Å². The zero-order valence-corrected chi connectivity index (χ0v) is 12.9. The first-order chi connectivity index (χ1) is 9.95. The second-order valence-electron chi connectivity index (χ2n) is 5.15. The van der Waals surface area contributed by atoms with Crippen molar-refractivity contribution in [2.45, 2.75) is 26.7 Å². The predicted octanol–water partition coefficient (Wildman–Crippen LogP) is 4.23. The summed E-state index contributed by atoms with van der Waals surface area (Å²) in [5.41, 5.74) is 3.43. The van der Waals surface area contributed by atoms with Crippen molar-refractivity contribution in [3.8, 4) is 5.75 Å². The van der Waals surface area contributed by atoms with Gasteiger partial charge in [0.15, 0.2) is 0 Å². The Kier molecular flexibility index (Phi) is 4.86. The molecule has 0 bridgehead atoms. The first-order valence-corrected chi connectivity index (χ1v) is 7.18. The minimum absolute atomic E-state index is 0.0849. The summed E-state index contributed by atoms with van der Waals surface area (Å²) in [6.07, 6.45) is 0.950. The van der Waals surface area contributed by atoms with Crippen LogP contribution in [-0.2, 0) is 11.2 Å². The third-order valence-electron chi connectivity index (χ3n) is 3.30. The molecule has 2 aromatic carbocycles. The van der Waals surface area contributed by atoms with Gasteiger partial charge in [0.05, 0.1) is 5.69 Å². The molecule has 0 saturated heterocycles. The molecule has 0 aliphatic carbocycles. The lowest BCUT2D eigenvalue weighted by Crippen LogP contribution is -2.12. The summed E-state index contributed by atoms with van der Waals surface area (Å²) in [4.78, 5) is 11.9. The van der Waals surface area contributed by atoms with Gasteiger partial charge in [0.1, 0.15) is 5.75 Å². The number of halogens is 1. The fraction of sp³-hybridized carbons (Fsp3) is 0.235. The van der Waals surface area contributed by atoms with Gasteiger partial charge in [-0.1, -0.05) is 29.8 Å². The van der Waals surface area contributed by atoms with Crippen molar-refractivity contribution in [2.75, 3.05) is 5.32 Å². The van der Waals surface area contributed by atoms with Crippen molar-refractivity contribution in [2.24, 2.45) is 0 Å². The largest absolute Gasteiger partial charge is 0.506 e. The Bertz CT molecular complexity index is 668. The third-order valence-corrected chi connectivity index (χ3v) is 3.71. The molecule has 0 aromatic heterocycles. The Hall–Kier alpha value is -2.00. The van der Waals surface area contributed by atoms with Gasteiger partial charge >= 0.3 is 0 Å². The summed E-state index contributed by atoms with van der Waals surface area (Å²) in [6.45, 7) is 3.82. The van der Waals surface area contributed by atoms with Crippen LogP contribution in [0.5, 0.6) is 5.75 Å². The van der Waals surface area contributed by atoms with Crippen molar-refractivity contribution in [3.63, 3.8) is 0 Å². The number of hydrogen-bond donors (Lipinski definition) is 2. The van der Waals surface area contributed by atoms with Gasteiger partial charge in [-0.05, 0) is 55.2 Å². The fourth-order valence-electron chi connectivity index (χ4n) is 2.01. The van der Waals surface area contributed by atoms with Crippen molar-refractivity contribution in [3.05, 3.63) is 58.1 Å². The Morgan fingerprint density at radius 3 is 2.62 bits per heavy atom. The van der Waals surface area contributed by atoms with Gasteiger partial charge < -0.3 is 10.4 Å². The molecule has 0 fully saturated rings. The van der Waals surface area contributed by atoms with Crippen LogP contribution >= 0.6 is 11.6 Å². The van der Waals surface area contributed by atoms with Crippen LogP contribution in [0.15, 0.2) is 36.4 Å². The molecule has 0 atom stereocenters. The highest BCUT2D eigenvalue weighted by Crippen LogP contribution is 2.24. The Labute approximate surface area is 129 Å². The van der Waals surface area contributed by atoms with E-state index in [4.69, 9.17) is 11.6 Å². The van der Waals surface area contributed by atoms with Crippen molar-refractivity contribution in [1.82, 2.24) is 0 Å². The average molecular weight is 304 g/mol. The molecular weight excluding hydrogens is 286 g/mol. The monoisotopic (exact) mass is 303 g/mol. The molecule has 0 radical (unpaired) electrons. The standard InChI is InChI=1S/C17H18ClNO2/c1-11-3-7-15(16(20)9-11)19-17(21)8-6-13-5-4-12(2)14(18)10-13/h3-5,7,9-10,20H,6,8H2,1-2H3,(H,19,21). The van der Waals surface area contributed by atoms with Crippen molar-refractivity contribution < 1.29 is 9.90 Å². The van der Waals surface area contributed by atoms with Gasteiger partial charge in [0.2, 0.25) is 5.91 Å². The van der Waals surface area contributed by atoms with E-state index in [1.807, 2.05) is 38.1 Å². The summed E-state index contributed by atoms with van der Waals surface area (Å²) < 4.78 is 0. The number of carbonyl (C=O) groups is 1. The molecule has 110 valence electrons. The maximum atomic E-state index is 11.9. The molecule has 0 heterocycles. The molecule has 0 unspecified atom stereocenters. The number of carbonyl (C=O) groups excluding carboxylic acids is 1. The summed E-state index contributed by atoms with van der Waals surface area (Å²) in [7, 11) is 0. The normalized spacial score (nSPS) is 10.4. The number of phenols is 1. The summed E-state index contributed by atoms with van der Waals surface area (Å²) >= 11 is 6.06. The van der Waals surface area contributed by atoms with Gasteiger partial charge in [-0.15, -0.1) is 0 Å². The number of aromatic hydroxyl groups is 1. The summed E-state index contributed by atoms with van der Waals surface area (Å²) in [6, 6.07) is 11.0. The molecule has 0 aliphatic rings. The van der Waals surface area contributed by atoms with Crippen LogP contribution < -0.4 is 5.32 Å². The highest BCUT2D eigenvalue weighted by atomic mass is 35.5. The lowest BCUT2D eigenvalue weighted by Gasteiger charge is -2.08. The first kappa shape index (κ1) is 15.4. The molecule has 3 nitrogen and oxygen atoms in total. The van der Waals surface area contributed by atoms with E-state index in [2.05, 4.69) is 5.32 Å². The third kappa shape index (κ3) is 4.23. The average Bonchev–Trinajstić information content (AvgIpc) is 2.43. The second kappa shape index (κ2) is 6.64. The lowest BCUT2D eigenvalue weighted by atomic mass is 10.1. The quantitative estimate of drug-likeness (QED) is 0.830. The number of amides is 1. The van der Waals surface area contributed by atoms with E-state index in [1.54, 1.807) is 12.1 Å². The van der Waals surface area contributed by atoms with Crippen LogP contribution in [0.25, 0.3) is 0 Å². The number of benzene rings is 2. The van der Waals surface area contributed by atoms with Crippen LogP contribution in [-0.4, -0.2) is 11.0 Å². The van der Waals surface area contributed by atoms with E-state index in [1.165, 1.54) is 0 Å². The smallest absolute Gasteiger partial charge is 0.224 e. The molecule has 1 amide bonds. The van der Waals surface area contributed by atoms with Crippen LogP contribution in [0, 0.1) is 13.8 Å². The highest BCUT2D eigenvalue weighted by Gasteiger charge is 2.07. The van der Waals surface area contributed by atoms with E-state index in [9.17, 15) is 9.90 Å². The van der Waals surface area contributed by atoms with E-state index >= 15 is 0 Å². The van der Waals surface area contributed by atoms with E-state index in [0.29, 0.717) is 23.6 Å². The molecule has 0 saturated carbocycles. The minimum atomic E-state index is -0.133. The number of aryl methyl sites for hydroxylation is 3. The highest BCUT2D eigenvalue weighted by molar-refractivity contribution is 6.31. The maximum absolute atomic E-state index is 11.9. The number of hydrogen-bond acceptors (Lipinski definition) is 2. The molecule has 2 aromatic rings. The molecule has 4 heteroatoms. The first-order valence-electron chi connectivity index (χ1n) is 6.80. The zero-order valence-electron chi connectivity index (χ0n) is 12.1. The number of anilines is 1. The van der Waals surface area contributed by atoms with Crippen LogP contribution in [0.2, 0.25) is 5.02 Å². The van der Waals surface area contributed by atoms with Crippen molar-refractivity contribution >= 4 is 23.2 Å². The SMILES string of the molecule is Cc1ccc(NC(=O)CCc2ccc(C)c(Cl)c2)c(O)c1. The van der Waals surface area contributed by atoms with Crippen LogP contribution in [0.3, 0.4) is 0 Å². The maximum Gasteiger partial charge on any atom is 0.224 e. The van der Waals surface area contributed by atoms with Gasteiger partial charge in [0.25, 0.3) is 0 Å². The minimum Gasteiger partial charge on any atom is -0.506 e. The molecular formula is C17H18ClNO2. The molecule has 2 N–H and O–H groups in total. The van der Waals surface area contributed by atoms with Crippen LogP contribution in [0.1, 0.15) is 23.1 Å². The molecule has 21 heavy (non-hydrogen) atoms. The van der Waals surface area contributed by atoms with E-state index in [-0.39, 0.29) is 11.7 Å². The second-order valence-corrected chi connectivity index (χ2v) is 5.56. The summed E-state index contributed by atoms with van der Waals surface area (Å²) in [5.74, 6) is -0.0485. The Balaban J connectivity index is 1.94. The van der Waals surface area contributed by atoms with Gasteiger partial charge in [-0.25, -0.2) is 0 Å². The predicted molar refractivity (Wildman–Crippen MR) is 86.0 cm³/mol. The molecule has 0 spiro atoms. The van der Waals surface area contributed by atoms with Crippen molar-refractivity contribution in [1.29, 1.82) is 0 Å². The number of nitrogens with one attached hydrogen (secondary N) is 1. The Morgan fingerprint density at radius 1 is 1.19 bits per heavy atom. The molecule has 0 aliphatic heterocycles. The number of rotatable bonds is 4. The number of phenolic OH excluding ortho intramolecular Hbond substituents is 1. The van der Waals surface area contributed by atoms with Crippen LogP contribution in [0.4, 0.5) is 5.69 Å². The van der Waals surface area contributed by atoms with Gasteiger partial charge in [-0.2, -0.15) is 0 Å². The van der Waals surface area contributed by atoms with Gasteiger partial charge in [0, 0.05) is 11.4 Å². The Morgan fingerprint density at radius 2 is 1.95 bits per heavy atom. The summed E-state index contributed by atoms with van der Waals surface area (Å²) in [5, 5.41) is 13.2. The van der Waals surface area contributed by atoms with E-state index < -0.39 is 0 Å². The zero-order chi connectivity index (χ0) is 15.4. The fourth-order valence-corrected chi connectivity index (χ4v) is 2.21. The topological polar surface area (TPSA) is 49.3 Å². The van der Waals surface area contributed by atoms with E-state index in [0.717, 1.165) is 16.7 Å². The lowest BCUT2D eigenvalue weighted by molar-refractivity contribution is -0.116. The molecule has 2 rings (SSSR count).